The van der Waals surface area contributed by atoms with Crippen LogP contribution in [0.25, 0.3) is 0 Å². The normalized spacial score (nSPS) is 30.9. The van der Waals surface area contributed by atoms with Crippen molar-refractivity contribution < 1.29 is 0 Å². The molecule has 0 bridgehead atoms. The minimum Gasteiger partial charge on any atom is -0.190 e. The van der Waals surface area contributed by atoms with E-state index in [1.54, 1.807) is 0 Å². The van der Waals surface area contributed by atoms with Crippen molar-refractivity contribution in [2.45, 2.75) is 115 Å². The summed E-state index contributed by atoms with van der Waals surface area (Å²) >= 11 is 0. The van der Waals surface area contributed by atoms with Crippen LogP contribution in [0.15, 0.2) is 34.5 Å². The molecule has 0 radical (unpaired) electrons. The molecule has 0 amide bonds. The van der Waals surface area contributed by atoms with Crippen molar-refractivity contribution in [2.75, 3.05) is 0 Å². The quantitative estimate of drug-likeness (QED) is 0.356. The maximum Gasteiger partial charge on any atom is 0.0770 e. The van der Waals surface area contributed by atoms with E-state index < -0.39 is 0 Å². The molecule has 0 N–H and O–H groups in total. The van der Waals surface area contributed by atoms with E-state index in [1.165, 1.54) is 89.9 Å². The Bertz CT molecular complexity index is 407. The molecule has 26 heavy (non-hydrogen) atoms. The number of rotatable bonds is 2. The van der Waals surface area contributed by atoms with E-state index in [-0.39, 0.29) is 0 Å². The molecule has 2 unspecified atom stereocenters. The molecule has 0 aromatic heterocycles. The number of allylic oxidation sites excluding steroid dienone is 2. The maximum absolute atomic E-state index is 5.05. The predicted octanol–water partition coefficient (Wildman–Crippen LogP) is 7.80. The molecule has 1 aliphatic heterocycles. The van der Waals surface area contributed by atoms with Crippen LogP contribution in [0, 0.1) is 11.8 Å². The van der Waals surface area contributed by atoms with Crippen LogP contribution in [0.4, 0.5) is 0 Å². The molecule has 2 fully saturated rings. The van der Waals surface area contributed by atoms with Gasteiger partial charge in [-0.05, 0) is 63.2 Å². The molecule has 2 atom stereocenters. The molecule has 0 aromatic carbocycles. The lowest BCUT2D eigenvalue weighted by Crippen LogP contribution is -2.21. The molecule has 2 saturated carbocycles. The molecule has 1 heterocycles. The second kappa shape index (κ2) is 11.7. The smallest absolute Gasteiger partial charge is 0.0770 e. The Morgan fingerprint density at radius 1 is 0.462 bits per heavy atom. The third-order valence-electron chi connectivity index (χ3n) is 6.84. The molecule has 146 valence electrons. The van der Waals surface area contributed by atoms with Gasteiger partial charge in [0, 0.05) is 0 Å². The maximum atomic E-state index is 5.05. The van der Waals surface area contributed by atoms with Crippen molar-refractivity contribution >= 4 is 0 Å². The molecule has 2 heteroatoms. The van der Waals surface area contributed by atoms with E-state index in [0.717, 1.165) is 24.7 Å². The van der Waals surface area contributed by atoms with Crippen molar-refractivity contribution in [3.8, 4) is 0 Å². The van der Waals surface area contributed by atoms with E-state index in [0.29, 0.717) is 12.1 Å². The van der Waals surface area contributed by atoms with Crippen LogP contribution in [-0.2, 0) is 0 Å². The van der Waals surface area contributed by atoms with Crippen LogP contribution in [0.2, 0.25) is 0 Å². The van der Waals surface area contributed by atoms with E-state index in [1.807, 2.05) is 0 Å². The standard InChI is InChI=1S/C24H40N2/c1-2-4-14-20-24(22-17-11-7-8-12-18-22)26-25-23(19-13-3-1)21-15-9-5-6-10-16-21/h3-4,13-14,21-24H,1-2,5-12,15-20H2. The van der Waals surface area contributed by atoms with Crippen molar-refractivity contribution in [1.82, 2.24) is 0 Å². The molecule has 3 rings (SSSR count). The molecule has 0 aromatic rings. The Labute approximate surface area is 161 Å². The monoisotopic (exact) mass is 356 g/mol. The fourth-order valence-corrected chi connectivity index (χ4v) is 5.13. The van der Waals surface area contributed by atoms with Gasteiger partial charge in [0.05, 0.1) is 12.1 Å². The zero-order chi connectivity index (χ0) is 17.9. The molecular formula is C24H40N2. The van der Waals surface area contributed by atoms with Crippen molar-refractivity contribution in [3.63, 3.8) is 0 Å². The summed E-state index contributed by atoms with van der Waals surface area (Å²) in [4.78, 5) is 0. The summed E-state index contributed by atoms with van der Waals surface area (Å²) in [6, 6.07) is 0.863. The second-order valence-corrected chi connectivity index (χ2v) is 8.86. The summed E-state index contributed by atoms with van der Waals surface area (Å²) < 4.78 is 0. The Morgan fingerprint density at radius 2 is 0.846 bits per heavy atom. The lowest BCUT2D eigenvalue weighted by molar-refractivity contribution is 0.331. The predicted molar refractivity (Wildman–Crippen MR) is 112 cm³/mol. The van der Waals surface area contributed by atoms with E-state index >= 15 is 0 Å². The molecule has 2 nitrogen and oxygen atoms in total. The van der Waals surface area contributed by atoms with Crippen molar-refractivity contribution in [2.24, 2.45) is 22.1 Å². The van der Waals surface area contributed by atoms with Gasteiger partial charge in [-0.3, -0.25) is 0 Å². The molecular weight excluding hydrogens is 316 g/mol. The van der Waals surface area contributed by atoms with Gasteiger partial charge in [0.1, 0.15) is 0 Å². The van der Waals surface area contributed by atoms with Crippen LogP contribution < -0.4 is 0 Å². The Morgan fingerprint density at radius 3 is 1.23 bits per heavy atom. The van der Waals surface area contributed by atoms with E-state index in [2.05, 4.69) is 24.3 Å². The Kier molecular flexibility index (Phi) is 8.94. The summed E-state index contributed by atoms with van der Waals surface area (Å²) in [6.07, 6.45) is 30.8. The summed E-state index contributed by atoms with van der Waals surface area (Å²) in [5.41, 5.74) is 0. The highest BCUT2D eigenvalue weighted by Crippen LogP contribution is 2.32. The lowest BCUT2D eigenvalue weighted by Gasteiger charge is -2.24. The minimum atomic E-state index is 0.432. The van der Waals surface area contributed by atoms with Crippen LogP contribution in [-0.4, -0.2) is 12.1 Å². The fraction of sp³-hybridized carbons (Fsp3) is 0.833. The zero-order valence-electron chi connectivity index (χ0n) is 16.8. The van der Waals surface area contributed by atoms with Crippen LogP contribution >= 0.6 is 0 Å². The van der Waals surface area contributed by atoms with Gasteiger partial charge in [0.2, 0.25) is 0 Å². The molecule has 0 saturated heterocycles. The molecule has 0 spiro atoms. The number of hydrogen-bond acceptors (Lipinski definition) is 2. The van der Waals surface area contributed by atoms with Crippen LogP contribution in [0.3, 0.4) is 0 Å². The zero-order valence-corrected chi connectivity index (χ0v) is 16.8. The fourth-order valence-electron chi connectivity index (χ4n) is 5.13. The number of hydrogen-bond donors (Lipinski definition) is 0. The highest BCUT2D eigenvalue weighted by molar-refractivity contribution is 4.95. The van der Waals surface area contributed by atoms with Crippen molar-refractivity contribution in [3.05, 3.63) is 24.3 Å². The van der Waals surface area contributed by atoms with Gasteiger partial charge in [0.25, 0.3) is 0 Å². The van der Waals surface area contributed by atoms with Crippen LogP contribution in [0.1, 0.15) is 103 Å². The first-order chi connectivity index (χ1) is 12.9. The van der Waals surface area contributed by atoms with Gasteiger partial charge in [-0.2, -0.15) is 10.2 Å². The molecule has 2 aliphatic carbocycles. The first-order valence-electron chi connectivity index (χ1n) is 11.6. The third kappa shape index (κ3) is 6.67. The van der Waals surface area contributed by atoms with Gasteiger partial charge in [-0.1, -0.05) is 75.7 Å². The largest absolute Gasteiger partial charge is 0.190 e. The Hall–Kier alpha value is -0.920. The summed E-state index contributed by atoms with van der Waals surface area (Å²) in [6.45, 7) is 0. The summed E-state index contributed by atoms with van der Waals surface area (Å²) in [5, 5.41) is 10.1. The van der Waals surface area contributed by atoms with Gasteiger partial charge >= 0.3 is 0 Å². The third-order valence-corrected chi connectivity index (χ3v) is 6.84. The Balaban J connectivity index is 1.72. The topological polar surface area (TPSA) is 24.7 Å². The van der Waals surface area contributed by atoms with Gasteiger partial charge < -0.3 is 0 Å². The van der Waals surface area contributed by atoms with Crippen molar-refractivity contribution in [1.29, 1.82) is 0 Å². The highest BCUT2D eigenvalue weighted by atomic mass is 15.1. The van der Waals surface area contributed by atoms with Crippen LogP contribution in [0.5, 0.6) is 0 Å². The summed E-state index contributed by atoms with van der Waals surface area (Å²) in [7, 11) is 0. The molecule has 3 aliphatic rings. The van der Waals surface area contributed by atoms with E-state index in [4.69, 9.17) is 10.2 Å². The average Bonchev–Trinajstić information content (AvgIpc) is 3.07. The average molecular weight is 357 g/mol. The van der Waals surface area contributed by atoms with Gasteiger partial charge in [0.15, 0.2) is 0 Å². The minimum absolute atomic E-state index is 0.432. The first kappa shape index (κ1) is 19.8. The number of nitrogens with zero attached hydrogens (tertiary/aromatic N) is 2. The first-order valence-corrected chi connectivity index (χ1v) is 11.6. The lowest BCUT2D eigenvalue weighted by atomic mass is 9.89. The van der Waals surface area contributed by atoms with E-state index in [9.17, 15) is 0 Å². The second-order valence-electron chi connectivity index (χ2n) is 8.86. The highest BCUT2D eigenvalue weighted by Gasteiger charge is 2.25. The summed E-state index contributed by atoms with van der Waals surface area (Å²) in [5.74, 6) is 1.53. The SMILES string of the molecule is C1=CCC(C2CCCCCC2)N=NC(C2CCCCCC2)CC=CCC1. The number of azo groups is 1. The van der Waals surface area contributed by atoms with Gasteiger partial charge in [-0.25, -0.2) is 0 Å². The van der Waals surface area contributed by atoms with Gasteiger partial charge in [-0.15, -0.1) is 0 Å².